The number of ether oxygens (including phenoxy) is 1. The second-order valence-corrected chi connectivity index (χ2v) is 5.26. The Morgan fingerprint density at radius 2 is 2.21 bits per heavy atom. The van der Waals surface area contributed by atoms with Crippen molar-refractivity contribution in [3.63, 3.8) is 0 Å². The van der Waals surface area contributed by atoms with E-state index in [1.54, 1.807) is 7.11 Å². The van der Waals surface area contributed by atoms with Gasteiger partial charge in [0.1, 0.15) is 5.75 Å². The topological polar surface area (TPSA) is 54.6 Å². The fourth-order valence-electron chi connectivity index (χ4n) is 2.59. The molecule has 2 rings (SSSR count). The summed E-state index contributed by atoms with van der Waals surface area (Å²) in [5, 5.41) is 0. The van der Waals surface area contributed by atoms with Crippen LogP contribution in [0.5, 0.6) is 5.75 Å². The van der Waals surface area contributed by atoms with Crippen molar-refractivity contribution in [3.05, 3.63) is 23.5 Å². The Morgan fingerprint density at radius 1 is 1.42 bits per heavy atom. The van der Waals surface area contributed by atoms with Crippen LogP contribution >= 0.6 is 0 Å². The van der Waals surface area contributed by atoms with E-state index in [9.17, 15) is 0 Å². The molecule has 1 unspecified atom stereocenters. The van der Waals surface area contributed by atoms with Crippen LogP contribution < -0.4 is 10.5 Å². The van der Waals surface area contributed by atoms with Crippen LogP contribution in [-0.2, 0) is 6.54 Å². The number of aromatic nitrogens is 1. The van der Waals surface area contributed by atoms with E-state index in [0.717, 1.165) is 43.3 Å². The number of nitrogens with two attached hydrogens (primary N) is 1. The third-order valence-corrected chi connectivity index (χ3v) is 3.66. The first kappa shape index (κ1) is 14.2. The molecule has 0 aromatic carbocycles. The number of rotatable bonds is 4. The molecule has 1 aromatic heterocycles. The van der Waals surface area contributed by atoms with Crippen molar-refractivity contribution in [2.45, 2.75) is 19.5 Å². The Morgan fingerprint density at radius 3 is 2.89 bits per heavy atom. The molecule has 0 spiro atoms. The summed E-state index contributed by atoms with van der Waals surface area (Å²) < 4.78 is 5.30. The third kappa shape index (κ3) is 3.65. The van der Waals surface area contributed by atoms with Gasteiger partial charge in [0, 0.05) is 56.6 Å². The number of nitrogens with zero attached hydrogens (tertiary/aromatic N) is 3. The predicted octanol–water partition coefficient (Wildman–Crippen LogP) is 0.473. The fourth-order valence-corrected chi connectivity index (χ4v) is 2.59. The number of aryl methyl sites for hydroxylation is 1. The van der Waals surface area contributed by atoms with Gasteiger partial charge in [0.15, 0.2) is 0 Å². The smallest absolute Gasteiger partial charge is 0.122 e. The maximum Gasteiger partial charge on any atom is 0.122 e. The van der Waals surface area contributed by atoms with E-state index in [-0.39, 0.29) is 0 Å². The van der Waals surface area contributed by atoms with Gasteiger partial charge in [-0.05, 0) is 14.0 Å². The zero-order chi connectivity index (χ0) is 13.8. The van der Waals surface area contributed by atoms with Crippen LogP contribution in [0, 0.1) is 6.92 Å². The molecule has 0 saturated carbocycles. The first-order valence-electron chi connectivity index (χ1n) is 6.76. The highest BCUT2D eigenvalue weighted by Crippen LogP contribution is 2.17. The summed E-state index contributed by atoms with van der Waals surface area (Å²) in [6.45, 7) is 6.67. The van der Waals surface area contributed by atoms with Crippen molar-refractivity contribution in [1.29, 1.82) is 0 Å². The summed E-state index contributed by atoms with van der Waals surface area (Å²) in [4.78, 5) is 9.34. The monoisotopic (exact) mass is 264 g/mol. The molecular formula is C14H24N4O. The minimum atomic E-state index is 0.409. The number of piperazine rings is 1. The highest BCUT2D eigenvalue weighted by atomic mass is 16.5. The second-order valence-electron chi connectivity index (χ2n) is 5.26. The van der Waals surface area contributed by atoms with Crippen LogP contribution in [0.15, 0.2) is 12.1 Å². The number of hydrogen-bond acceptors (Lipinski definition) is 5. The van der Waals surface area contributed by atoms with E-state index in [4.69, 9.17) is 10.5 Å². The summed E-state index contributed by atoms with van der Waals surface area (Å²) >= 11 is 0. The van der Waals surface area contributed by atoms with Gasteiger partial charge in [-0.15, -0.1) is 0 Å². The summed E-state index contributed by atoms with van der Waals surface area (Å²) in [7, 11) is 3.84. The van der Waals surface area contributed by atoms with Crippen LogP contribution in [-0.4, -0.2) is 61.2 Å². The number of likely N-dealkylation sites (N-methyl/N-ethyl adjacent to an activating group) is 1. The average Bonchev–Trinajstić information content (AvgIpc) is 2.40. The van der Waals surface area contributed by atoms with Gasteiger partial charge in [-0.1, -0.05) is 0 Å². The van der Waals surface area contributed by atoms with Crippen LogP contribution in [0.25, 0.3) is 0 Å². The van der Waals surface area contributed by atoms with Gasteiger partial charge in [-0.3, -0.25) is 9.88 Å². The second kappa shape index (κ2) is 6.32. The van der Waals surface area contributed by atoms with E-state index in [1.807, 2.05) is 19.1 Å². The minimum absolute atomic E-state index is 0.409. The highest BCUT2D eigenvalue weighted by Gasteiger charge is 2.24. The van der Waals surface area contributed by atoms with E-state index in [2.05, 4.69) is 21.8 Å². The molecule has 2 heterocycles. The lowest BCUT2D eigenvalue weighted by atomic mass is 10.1. The number of methoxy groups -OCH3 is 1. The predicted molar refractivity (Wildman–Crippen MR) is 76.3 cm³/mol. The lowest BCUT2D eigenvalue weighted by Gasteiger charge is -2.39. The van der Waals surface area contributed by atoms with Gasteiger partial charge < -0.3 is 15.4 Å². The Balaban J connectivity index is 2.09. The van der Waals surface area contributed by atoms with Crippen molar-refractivity contribution < 1.29 is 4.74 Å². The Bertz CT molecular complexity index is 424. The lowest BCUT2D eigenvalue weighted by molar-refractivity contribution is 0.0869. The molecule has 19 heavy (non-hydrogen) atoms. The molecule has 0 aliphatic carbocycles. The largest absolute Gasteiger partial charge is 0.497 e. The molecule has 2 N–H and O–H groups in total. The van der Waals surface area contributed by atoms with Crippen molar-refractivity contribution in [2.75, 3.05) is 40.3 Å². The molecule has 1 aliphatic heterocycles. The van der Waals surface area contributed by atoms with E-state index in [1.165, 1.54) is 0 Å². The highest BCUT2D eigenvalue weighted by molar-refractivity contribution is 5.26. The van der Waals surface area contributed by atoms with Crippen LogP contribution in [0.3, 0.4) is 0 Å². The quantitative estimate of drug-likeness (QED) is 0.857. The Labute approximate surface area is 115 Å². The van der Waals surface area contributed by atoms with Gasteiger partial charge in [0.05, 0.1) is 12.8 Å². The maximum atomic E-state index is 5.88. The molecule has 5 nitrogen and oxygen atoms in total. The van der Waals surface area contributed by atoms with Gasteiger partial charge >= 0.3 is 0 Å². The van der Waals surface area contributed by atoms with E-state index >= 15 is 0 Å². The molecule has 106 valence electrons. The summed E-state index contributed by atoms with van der Waals surface area (Å²) in [5.41, 5.74) is 7.93. The minimum Gasteiger partial charge on any atom is -0.497 e. The first-order chi connectivity index (χ1) is 9.12. The lowest BCUT2D eigenvalue weighted by Crippen LogP contribution is -2.54. The molecular weight excluding hydrogens is 240 g/mol. The van der Waals surface area contributed by atoms with Crippen LogP contribution in [0.4, 0.5) is 0 Å². The molecule has 0 radical (unpaired) electrons. The average molecular weight is 264 g/mol. The Hall–Kier alpha value is -1.17. The van der Waals surface area contributed by atoms with Crippen LogP contribution in [0.2, 0.25) is 0 Å². The zero-order valence-corrected chi connectivity index (χ0v) is 12.1. The van der Waals surface area contributed by atoms with Crippen molar-refractivity contribution in [3.8, 4) is 5.75 Å². The molecule has 1 aromatic rings. The third-order valence-electron chi connectivity index (χ3n) is 3.66. The number of hydrogen-bond donors (Lipinski definition) is 1. The SMILES string of the molecule is COc1cc(C)nc(CN2CCN(C)CC2CN)c1. The summed E-state index contributed by atoms with van der Waals surface area (Å²) in [6, 6.07) is 4.37. The molecule has 1 saturated heterocycles. The first-order valence-corrected chi connectivity index (χ1v) is 6.76. The molecule has 0 amide bonds. The van der Waals surface area contributed by atoms with Crippen molar-refractivity contribution in [1.82, 2.24) is 14.8 Å². The van der Waals surface area contributed by atoms with Crippen molar-refractivity contribution in [2.24, 2.45) is 5.73 Å². The van der Waals surface area contributed by atoms with Crippen molar-refractivity contribution >= 4 is 0 Å². The molecule has 5 heteroatoms. The summed E-state index contributed by atoms with van der Waals surface area (Å²) in [5.74, 6) is 0.876. The molecule has 1 aliphatic rings. The van der Waals surface area contributed by atoms with Gasteiger partial charge in [0.25, 0.3) is 0 Å². The maximum absolute atomic E-state index is 5.88. The normalized spacial score (nSPS) is 21.6. The molecule has 0 bridgehead atoms. The van der Waals surface area contributed by atoms with Crippen LogP contribution in [0.1, 0.15) is 11.4 Å². The fraction of sp³-hybridized carbons (Fsp3) is 0.643. The number of pyridine rings is 1. The molecule has 1 atom stereocenters. The zero-order valence-electron chi connectivity index (χ0n) is 12.1. The summed E-state index contributed by atoms with van der Waals surface area (Å²) in [6.07, 6.45) is 0. The molecule has 1 fully saturated rings. The van der Waals surface area contributed by atoms with E-state index < -0.39 is 0 Å². The standard InChI is InChI=1S/C14H24N4O/c1-11-6-14(19-3)7-12(16-11)9-18-5-4-17(2)10-13(18)8-15/h6-7,13H,4-5,8-10,15H2,1-3H3. The van der Waals surface area contributed by atoms with Gasteiger partial charge in [0.2, 0.25) is 0 Å². The Kier molecular flexibility index (Phi) is 4.74. The van der Waals surface area contributed by atoms with Gasteiger partial charge in [-0.25, -0.2) is 0 Å². The van der Waals surface area contributed by atoms with Gasteiger partial charge in [-0.2, -0.15) is 0 Å². The van der Waals surface area contributed by atoms with E-state index in [0.29, 0.717) is 12.6 Å².